The Bertz CT molecular complexity index is 841. The number of rotatable bonds is 8. The van der Waals surface area contributed by atoms with Crippen molar-refractivity contribution in [3.8, 4) is 0 Å². The van der Waals surface area contributed by atoms with Gasteiger partial charge in [0, 0.05) is 24.6 Å². The van der Waals surface area contributed by atoms with E-state index in [-0.39, 0.29) is 17.6 Å². The van der Waals surface area contributed by atoms with Crippen molar-refractivity contribution < 1.29 is 22.7 Å². The van der Waals surface area contributed by atoms with E-state index in [4.69, 9.17) is 9.47 Å². The van der Waals surface area contributed by atoms with Gasteiger partial charge in [-0.05, 0) is 55.5 Å². The topological polar surface area (TPSA) is 72.9 Å². The molecule has 6 nitrogen and oxygen atoms in total. The third-order valence-electron chi connectivity index (χ3n) is 4.35. The second kappa shape index (κ2) is 8.97. The summed E-state index contributed by atoms with van der Waals surface area (Å²) in [4.78, 5) is 12.9. The van der Waals surface area contributed by atoms with E-state index in [2.05, 4.69) is 0 Å². The van der Waals surface area contributed by atoms with Gasteiger partial charge in [0.2, 0.25) is 10.0 Å². The Kier molecular flexibility index (Phi) is 6.64. The molecule has 0 amide bonds. The van der Waals surface area contributed by atoms with Crippen LogP contribution in [0.1, 0.15) is 35.0 Å². The Hall–Kier alpha value is -1.74. The lowest BCUT2D eigenvalue weighted by molar-refractivity contribution is 0.0526. The van der Waals surface area contributed by atoms with E-state index in [1.165, 1.54) is 39.9 Å². The smallest absolute Gasteiger partial charge is 0.338 e. The highest BCUT2D eigenvalue weighted by Crippen LogP contribution is 2.24. The third kappa shape index (κ3) is 4.95. The van der Waals surface area contributed by atoms with E-state index in [1.54, 1.807) is 6.92 Å². The van der Waals surface area contributed by atoms with Crippen molar-refractivity contribution in [1.82, 2.24) is 4.31 Å². The van der Waals surface area contributed by atoms with Crippen LogP contribution in [0.5, 0.6) is 0 Å². The van der Waals surface area contributed by atoms with Gasteiger partial charge in [0.1, 0.15) is 0 Å². The third-order valence-corrected chi connectivity index (χ3v) is 7.03. The zero-order valence-electron chi connectivity index (χ0n) is 15.2. The van der Waals surface area contributed by atoms with E-state index < -0.39 is 16.0 Å². The molecule has 27 heavy (non-hydrogen) atoms. The number of carbonyl (C=O) groups is 1. The average Bonchev–Trinajstić information content (AvgIpc) is 3.35. The highest BCUT2D eigenvalue weighted by atomic mass is 32.2. The van der Waals surface area contributed by atoms with Gasteiger partial charge < -0.3 is 9.47 Å². The Labute approximate surface area is 163 Å². The van der Waals surface area contributed by atoms with Gasteiger partial charge in [-0.1, -0.05) is 6.07 Å². The van der Waals surface area contributed by atoms with Crippen LogP contribution in [0, 0.1) is 0 Å². The lowest BCUT2D eigenvalue weighted by Gasteiger charge is -2.24. The Morgan fingerprint density at radius 2 is 2.07 bits per heavy atom. The zero-order valence-corrected chi connectivity index (χ0v) is 16.8. The molecule has 1 aliphatic rings. The number of thiophene rings is 1. The summed E-state index contributed by atoms with van der Waals surface area (Å²) in [5.74, 6) is -0.462. The maximum Gasteiger partial charge on any atom is 0.338 e. The molecule has 1 fully saturated rings. The van der Waals surface area contributed by atoms with Crippen LogP contribution in [0.2, 0.25) is 0 Å². The van der Waals surface area contributed by atoms with E-state index >= 15 is 0 Å². The van der Waals surface area contributed by atoms with Crippen molar-refractivity contribution in [2.45, 2.75) is 37.3 Å². The maximum absolute atomic E-state index is 13.2. The van der Waals surface area contributed by atoms with Crippen molar-refractivity contribution in [2.24, 2.45) is 0 Å². The molecule has 0 bridgehead atoms. The van der Waals surface area contributed by atoms with Crippen molar-refractivity contribution in [3.05, 3.63) is 52.2 Å². The molecule has 1 unspecified atom stereocenters. The fourth-order valence-corrected chi connectivity index (χ4v) is 5.22. The molecule has 3 rings (SSSR count). The molecule has 1 aromatic carbocycles. The minimum absolute atomic E-state index is 0.0847. The van der Waals surface area contributed by atoms with Crippen LogP contribution in [-0.2, 0) is 26.0 Å². The van der Waals surface area contributed by atoms with Crippen LogP contribution >= 0.6 is 11.3 Å². The molecule has 0 saturated carbocycles. The van der Waals surface area contributed by atoms with Gasteiger partial charge in [-0.15, -0.1) is 11.3 Å². The average molecular weight is 410 g/mol. The van der Waals surface area contributed by atoms with Crippen LogP contribution in [0.4, 0.5) is 0 Å². The van der Waals surface area contributed by atoms with Gasteiger partial charge in [0.05, 0.1) is 23.2 Å². The zero-order chi connectivity index (χ0) is 19.3. The number of esters is 1. The summed E-state index contributed by atoms with van der Waals surface area (Å²) < 4.78 is 38.5. The molecule has 8 heteroatoms. The normalized spacial score (nSPS) is 17.3. The summed E-state index contributed by atoms with van der Waals surface area (Å²) in [7, 11) is -3.71. The molecule has 2 aromatic rings. The van der Waals surface area contributed by atoms with E-state index in [0.717, 1.165) is 17.7 Å². The standard InChI is InChI=1S/C19H23NO5S2/c1-2-24-19(21)15-7-9-18(10-8-15)27(22,23)20(13-16-5-3-11-25-16)14-17-6-4-12-26-17/h4,6-10,12,16H,2-3,5,11,13-14H2,1H3. The molecule has 0 N–H and O–H groups in total. The second-order valence-electron chi connectivity index (χ2n) is 6.26. The summed E-state index contributed by atoms with van der Waals surface area (Å²) in [5.41, 5.74) is 0.333. The van der Waals surface area contributed by atoms with Gasteiger partial charge in [-0.2, -0.15) is 4.31 Å². The minimum atomic E-state index is -3.71. The number of hydrogen-bond acceptors (Lipinski definition) is 6. The monoisotopic (exact) mass is 409 g/mol. The molecule has 0 spiro atoms. The number of sulfonamides is 1. The van der Waals surface area contributed by atoms with Gasteiger partial charge >= 0.3 is 5.97 Å². The first-order valence-corrected chi connectivity index (χ1v) is 11.2. The van der Waals surface area contributed by atoms with Crippen LogP contribution < -0.4 is 0 Å². The second-order valence-corrected chi connectivity index (χ2v) is 9.23. The van der Waals surface area contributed by atoms with Gasteiger partial charge in [0.25, 0.3) is 0 Å². The molecular formula is C19H23NO5S2. The lowest BCUT2D eigenvalue weighted by atomic mass is 10.2. The number of nitrogens with zero attached hydrogens (tertiary/aromatic N) is 1. The summed E-state index contributed by atoms with van der Waals surface area (Å²) >= 11 is 1.52. The first-order chi connectivity index (χ1) is 13.0. The number of benzene rings is 1. The molecular weight excluding hydrogens is 386 g/mol. The molecule has 0 radical (unpaired) electrons. The van der Waals surface area contributed by atoms with E-state index in [0.29, 0.717) is 25.3 Å². The van der Waals surface area contributed by atoms with Crippen molar-refractivity contribution >= 4 is 27.3 Å². The molecule has 2 heterocycles. The van der Waals surface area contributed by atoms with Crippen molar-refractivity contribution in [3.63, 3.8) is 0 Å². The predicted molar refractivity (Wildman–Crippen MR) is 103 cm³/mol. The van der Waals surface area contributed by atoms with Crippen molar-refractivity contribution in [1.29, 1.82) is 0 Å². The number of hydrogen-bond donors (Lipinski definition) is 0. The van der Waals surface area contributed by atoms with Gasteiger partial charge in [-0.25, -0.2) is 13.2 Å². The summed E-state index contributed by atoms with van der Waals surface area (Å²) in [6, 6.07) is 9.72. The largest absolute Gasteiger partial charge is 0.462 e. The van der Waals surface area contributed by atoms with Crippen LogP contribution in [-0.4, -0.2) is 44.6 Å². The van der Waals surface area contributed by atoms with Crippen LogP contribution in [0.25, 0.3) is 0 Å². The highest BCUT2D eigenvalue weighted by molar-refractivity contribution is 7.89. The summed E-state index contributed by atoms with van der Waals surface area (Å²) in [6.45, 7) is 3.30. The Balaban J connectivity index is 1.83. The van der Waals surface area contributed by atoms with Gasteiger partial charge in [0.15, 0.2) is 0 Å². The highest BCUT2D eigenvalue weighted by Gasteiger charge is 2.29. The quantitative estimate of drug-likeness (QED) is 0.626. The Morgan fingerprint density at radius 3 is 2.67 bits per heavy atom. The molecule has 1 aliphatic heterocycles. The fraction of sp³-hybridized carbons (Fsp3) is 0.421. The van der Waals surface area contributed by atoms with Gasteiger partial charge in [-0.3, -0.25) is 0 Å². The molecule has 146 valence electrons. The fourth-order valence-electron chi connectivity index (χ4n) is 2.97. The van der Waals surface area contributed by atoms with Crippen molar-refractivity contribution in [2.75, 3.05) is 19.8 Å². The molecule has 1 saturated heterocycles. The molecule has 1 aromatic heterocycles. The molecule has 0 aliphatic carbocycles. The summed E-state index contributed by atoms with van der Waals surface area (Å²) in [6.07, 6.45) is 1.72. The Morgan fingerprint density at radius 1 is 1.30 bits per heavy atom. The summed E-state index contributed by atoms with van der Waals surface area (Å²) in [5, 5.41) is 1.93. The number of carbonyl (C=O) groups excluding carboxylic acids is 1. The van der Waals surface area contributed by atoms with Crippen LogP contribution in [0.15, 0.2) is 46.7 Å². The first kappa shape index (κ1) is 20.0. The lowest BCUT2D eigenvalue weighted by Crippen LogP contribution is -2.36. The first-order valence-electron chi connectivity index (χ1n) is 8.92. The van der Waals surface area contributed by atoms with E-state index in [9.17, 15) is 13.2 Å². The minimum Gasteiger partial charge on any atom is -0.462 e. The van der Waals surface area contributed by atoms with E-state index in [1.807, 2.05) is 17.5 Å². The predicted octanol–water partition coefficient (Wildman–Crippen LogP) is 3.29. The molecule has 1 atom stereocenters. The number of ether oxygens (including phenoxy) is 2. The maximum atomic E-state index is 13.2. The SMILES string of the molecule is CCOC(=O)c1ccc(S(=O)(=O)N(Cc2cccs2)CC2CCCO2)cc1. The van der Waals surface area contributed by atoms with Crippen LogP contribution in [0.3, 0.4) is 0 Å².